The average Bonchev–Trinajstić information content (AvgIpc) is 3.13. The van der Waals surface area contributed by atoms with Crippen LogP contribution in [0.4, 0.5) is 0 Å². The highest BCUT2D eigenvalue weighted by Crippen LogP contribution is 2.31. The van der Waals surface area contributed by atoms with Crippen LogP contribution in [-0.2, 0) is 35.1 Å². The molecule has 0 amide bonds. The molecule has 7 nitrogen and oxygen atoms in total. The molecule has 2 rings (SSSR count). The molecule has 0 fully saturated rings. The van der Waals surface area contributed by atoms with Crippen LogP contribution >= 0.6 is 0 Å². The van der Waals surface area contributed by atoms with Crippen LogP contribution in [0.3, 0.4) is 0 Å². The number of esters is 3. The summed E-state index contributed by atoms with van der Waals surface area (Å²) >= 11 is 0. The molecule has 0 aliphatic heterocycles. The average molecular weight is 430 g/mol. The summed E-state index contributed by atoms with van der Waals surface area (Å²) in [6.07, 6.45) is 1.80. The van der Waals surface area contributed by atoms with Crippen molar-refractivity contribution in [1.29, 1.82) is 0 Å². The molecular weight excluding hydrogens is 398 g/mol. The predicted octanol–water partition coefficient (Wildman–Crippen LogP) is 3.70. The summed E-state index contributed by atoms with van der Waals surface area (Å²) in [5.74, 6) is -5.00. The highest BCUT2D eigenvalue weighted by molar-refractivity contribution is 6.01. The minimum atomic E-state index is -1.47. The summed E-state index contributed by atoms with van der Waals surface area (Å²) in [5.41, 5.74) is 0.677. The molecule has 0 aliphatic rings. The molecule has 0 bridgehead atoms. The highest BCUT2D eigenvalue weighted by Gasteiger charge is 2.45. The molecule has 0 radical (unpaired) electrons. The summed E-state index contributed by atoms with van der Waals surface area (Å²) in [4.78, 5) is 38.9. The Kier molecular flexibility index (Phi) is 8.42. The maximum absolute atomic E-state index is 13.3. The van der Waals surface area contributed by atoms with E-state index in [1.54, 1.807) is 52.9 Å². The van der Waals surface area contributed by atoms with Crippen molar-refractivity contribution in [3.8, 4) is 0 Å². The molecule has 31 heavy (non-hydrogen) atoms. The van der Waals surface area contributed by atoms with E-state index in [0.717, 1.165) is 5.56 Å². The predicted molar refractivity (Wildman–Crippen MR) is 115 cm³/mol. The third kappa shape index (κ3) is 6.70. The van der Waals surface area contributed by atoms with Crippen LogP contribution in [0.2, 0.25) is 0 Å². The second-order valence-corrected chi connectivity index (χ2v) is 8.04. The molecule has 7 heteroatoms. The van der Waals surface area contributed by atoms with Crippen molar-refractivity contribution in [2.24, 2.45) is 5.92 Å². The van der Waals surface area contributed by atoms with Crippen molar-refractivity contribution >= 4 is 17.9 Å². The number of aromatic nitrogens is 1. The molecule has 0 aliphatic carbocycles. The van der Waals surface area contributed by atoms with Gasteiger partial charge in [-0.15, -0.1) is 0 Å². The first kappa shape index (κ1) is 24.2. The molecule has 168 valence electrons. The van der Waals surface area contributed by atoms with Gasteiger partial charge in [-0.3, -0.25) is 14.4 Å². The number of rotatable bonds is 9. The summed E-state index contributed by atoms with van der Waals surface area (Å²) in [6.45, 7) is 9.07. The number of ether oxygens (including phenoxy) is 3. The van der Waals surface area contributed by atoms with E-state index in [2.05, 4.69) is 0 Å². The quantitative estimate of drug-likeness (QED) is 0.343. The third-order valence-electron chi connectivity index (χ3n) is 4.45. The zero-order chi connectivity index (χ0) is 23.0. The van der Waals surface area contributed by atoms with Crippen LogP contribution in [0.15, 0.2) is 48.7 Å². The zero-order valence-electron chi connectivity index (χ0n) is 18.8. The van der Waals surface area contributed by atoms with E-state index in [-0.39, 0.29) is 13.2 Å². The molecule has 1 aromatic heterocycles. The number of benzene rings is 1. The lowest BCUT2D eigenvalue weighted by atomic mass is 9.88. The number of carbonyl (C=O) groups excluding carboxylic acids is 3. The lowest BCUT2D eigenvalue weighted by Gasteiger charge is -2.28. The van der Waals surface area contributed by atoms with Gasteiger partial charge in [0.1, 0.15) is 11.5 Å². The maximum Gasteiger partial charge on any atom is 0.321 e. The number of carbonyl (C=O) groups is 3. The highest BCUT2D eigenvalue weighted by atomic mass is 16.6. The van der Waals surface area contributed by atoms with Crippen LogP contribution in [-0.4, -0.2) is 41.3 Å². The van der Waals surface area contributed by atoms with E-state index >= 15 is 0 Å². The first-order valence-electron chi connectivity index (χ1n) is 10.4. The summed E-state index contributed by atoms with van der Waals surface area (Å²) in [5, 5.41) is 0. The standard InChI is InChI=1S/C24H31NO6/c1-6-29-21(26)20(22(27)30-7-2)19(23(28)31-24(3,4)5)18-14-11-15-25(18)16-17-12-9-8-10-13-17/h8-15,19-20H,6-7,16H2,1-5H3/t19-/m1/s1. The largest absolute Gasteiger partial charge is 0.465 e. The summed E-state index contributed by atoms with van der Waals surface area (Å²) in [6, 6.07) is 13.2. The van der Waals surface area contributed by atoms with Gasteiger partial charge in [-0.05, 0) is 52.3 Å². The second-order valence-electron chi connectivity index (χ2n) is 8.04. The van der Waals surface area contributed by atoms with Gasteiger partial charge in [-0.1, -0.05) is 30.3 Å². The van der Waals surface area contributed by atoms with Crippen molar-refractivity contribution < 1.29 is 28.6 Å². The molecular formula is C24H31NO6. The van der Waals surface area contributed by atoms with Gasteiger partial charge in [0.15, 0.2) is 5.92 Å². The van der Waals surface area contributed by atoms with E-state index in [1.807, 2.05) is 34.9 Å². The second kappa shape index (κ2) is 10.8. The van der Waals surface area contributed by atoms with Crippen LogP contribution in [0.5, 0.6) is 0 Å². The molecule has 0 saturated heterocycles. The van der Waals surface area contributed by atoms with Gasteiger partial charge in [0.2, 0.25) is 0 Å². The number of hydrogen-bond acceptors (Lipinski definition) is 6. The first-order chi connectivity index (χ1) is 14.7. The van der Waals surface area contributed by atoms with Crippen molar-refractivity contribution in [3.05, 3.63) is 59.9 Å². The van der Waals surface area contributed by atoms with Gasteiger partial charge < -0.3 is 18.8 Å². The Bertz CT molecular complexity index is 863. The number of hydrogen-bond donors (Lipinski definition) is 0. The molecule has 0 spiro atoms. The Hall–Kier alpha value is -3.09. The smallest absolute Gasteiger partial charge is 0.321 e. The third-order valence-corrected chi connectivity index (χ3v) is 4.45. The Morgan fingerprint density at radius 2 is 1.45 bits per heavy atom. The van der Waals surface area contributed by atoms with Gasteiger partial charge in [0.05, 0.1) is 13.2 Å². The molecule has 1 atom stereocenters. The van der Waals surface area contributed by atoms with Crippen molar-refractivity contribution in [1.82, 2.24) is 4.57 Å². The fraction of sp³-hybridized carbons (Fsp3) is 0.458. The van der Waals surface area contributed by atoms with Gasteiger partial charge in [0, 0.05) is 18.4 Å². The molecule has 0 unspecified atom stereocenters. The Labute approximate surface area is 183 Å². The monoisotopic (exact) mass is 429 g/mol. The molecule has 1 aromatic carbocycles. The van der Waals surface area contributed by atoms with Crippen molar-refractivity contribution in [3.63, 3.8) is 0 Å². The van der Waals surface area contributed by atoms with Gasteiger partial charge in [0.25, 0.3) is 0 Å². The molecule has 2 aromatic rings. The van der Waals surface area contributed by atoms with E-state index in [1.165, 1.54) is 0 Å². The SMILES string of the molecule is CCOC(=O)C(C(=O)OCC)[C@H](C(=O)OC(C)(C)C)c1cccn1Cc1ccccc1. The van der Waals surface area contributed by atoms with Gasteiger partial charge >= 0.3 is 17.9 Å². The van der Waals surface area contributed by atoms with Crippen molar-refractivity contribution in [2.75, 3.05) is 13.2 Å². The van der Waals surface area contributed by atoms with Crippen molar-refractivity contribution in [2.45, 2.75) is 52.7 Å². The Morgan fingerprint density at radius 3 is 1.97 bits per heavy atom. The van der Waals surface area contributed by atoms with E-state index in [4.69, 9.17) is 14.2 Å². The number of nitrogens with zero attached hydrogens (tertiary/aromatic N) is 1. The first-order valence-corrected chi connectivity index (χ1v) is 10.4. The van der Waals surface area contributed by atoms with Crippen LogP contribution in [0.1, 0.15) is 51.8 Å². The molecule has 0 saturated carbocycles. The molecule has 1 heterocycles. The van der Waals surface area contributed by atoms with Gasteiger partial charge in [-0.25, -0.2) is 0 Å². The summed E-state index contributed by atoms with van der Waals surface area (Å²) in [7, 11) is 0. The molecule has 0 N–H and O–H groups in total. The summed E-state index contributed by atoms with van der Waals surface area (Å²) < 4.78 is 17.7. The van der Waals surface area contributed by atoms with Crippen LogP contribution in [0, 0.1) is 5.92 Å². The van der Waals surface area contributed by atoms with E-state index in [0.29, 0.717) is 12.2 Å². The lowest BCUT2D eigenvalue weighted by Crippen LogP contribution is -2.40. The maximum atomic E-state index is 13.3. The fourth-order valence-corrected chi connectivity index (χ4v) is 3.26. The normalized spacial score (nSPS) is 12.3. The van der Waals surface area contributed by atoms with Crippen LogP contribution < -0.4 is 0 Å². The van der Waals surface area contributed by atoms with Crippen LogP contribution in [0.25, 0.3) is 0 Å². The topological polar surface area (TPSA) is 83.8 Å². The van der Waals surface area contributed by atoms with E-state index in [9.17, 15) is 14.4 Å². The fourth-order valence-electron chi connectivity index (χ4n) is 3.26. The van der Waals surface area contributed by atoms with E-state index < -0.39 is 35.3 Å². The zero-order valence-corrected chi connectivity index (χ0v) is 18.8. The Morgan fingerprint density at radius 1 is 0.871 bits per heavy atom. The lowest BCUT2D eigenvalue weighted by molar-refractivity contribution is -0.172. The Balaban J connectivity index is 2.54. The van der Waals surface area contributed by atoms with Gasteiger partial charge in [-0.2, -0.15) is 0 Å². The minimum absolute atomic E-state index is 0.0702. The minimum Gasteiger partial charge on any atom is -0.465 e.